The van der Waals surface area contributed by atoms with Crippen LogP contribution in [0.15, 0.2) is 30.3 Å². The Labute approximate surface area is 169 Å². The minimum atomic E-state index is -3.63. The third-order valence-electron chi connectivity index (χ3n) is 3.99. The molecule has 0 fully saturated rings. The molecule has 0 heterocycles. The summed E-state index contributed by atoms with van der Waals surface area (Å²) < 4.78 is 40.6. The van der Waals surface area contributed by atoms with Crippen LogP contribution in [0.2, 0.25) is 5.02 Å². The Morgan fingerprint density at radius 2 is 1.57 bits per heavy atom. The Hall–Kier alpha value is -2.65. The molecule has 8 nitrogen and oxygen atoms in total. The van der Waals surface area contributed by atoms with Gasteiger partial charge in [-0.1, -0.05) is 11.6 Å². The first-order chi connectivity index (χ1) is 13.1. The second-order valence-electron chi connectivity index (χ2n) is 5.76. The molecule has 2 rings (SSSR count). The van der Waals surface area contributed by atoms with Crippen molar-refractivity contribution in [2.24, 2.45) is 0 Å². The Bertz CT molecular complexity index is 994. The number of methoxy groups -OCH3 is 3. The third-order valence-corrected chi connectivity index (χ3v) is 5.48. The molecule has 2 aromatic rings. The van der Waals surface area contributed by atoms with Crippen molar-refractivity contribution in [3.63, 3.8) is 0 Å². The number of nitrogens with zero attached hydrogens (tertiary/aromatic N) is 1. The number of sulfonamides is 1. The van der Waals surface area contributed by atoms with E-state index in [0.29, 0.717) is 16.5 Å². The van der Waals surface area contributed by atoms with Crippen molar-refractivity contribution < 1.29 is 27.4 Å². The first-order valence-corrected chi connectivity index (χ1v) is 10.2. The van der Waals surface area contributed by atoms with Gasteiger partial charge >= 0.3 is 0 Å². The van der Waals surface area contributed by atoms with Crippen LogP contribution in [-0.4, -0.2) is 49.0 Å². The zero-order valence-electron chi connectivity index (χ0n) is 16.1. The van der Waals surface area contributed by atoms with Crippen LogP contribution in [-0.2, 0) is 10.0 Å². The summed E-state index contributed by atoms with van der Waals surface area (Å²) in [6, 6.07) is 7.59. The topological polar surface area (TPSA) is 94.2 Å². The van der Waals surface area contributed by atoms with Crippen LogP contribution in [0, 0.1) is 0 Å². The van der Waals surface area contributed by atoms with Gasteiger partial charge in [-0.15, -0.1) is 0 Å². The van der Waals surface area contributed by atoms with E-state index in [1.807, 2.05) is 0 Å². The maximum absolute atomic E-state index is 12.9. The van der Waals surface area contributed by atoms with Gasteiger partial charge in [-0.05, 0) is 24.3 Å². The minimum Gasteiger partial charge on any atom is -0.495 e. The fourth-order valence-electron chi connectivity index (χ4n) is 2.43. The molecule has 0 saturated heterocycles. The summed E-state index contributed by atoms with van der Waals surface area (Å²) in [6.45, 7) is 0. The molecule has 0 atom stereocenters. The number of halogens is 1. The number of ether oxygens (including phenoxy) is 3. The van der Waals surface area contributed by atoms with Crippen molar-refractivity contribution in [1.29, 1.82) is 0 Å². The molecule has 0 aliphatic rings. The van der Waals surface area contributed by atoms with Gasteiger partial charge in [0.1, 0.15) is 5.75 Å². The number of nitrogens with one attached hydrogen (secondary N) is 1. The summed E-state index contributed by atoms with van der Waals surface area (Å²) in [5.41, 5.74) is 0.633. The zero-order valence-corrected chi connectivity index (χ0v) is 17.6. The average molecular weight is 429 g/mol. The van der Waals surface area contributed by atoms with Gasteiger partial charge in [0.25, 0.3) is 5.91 Å². The number of rotatable bonds is 7. The van der Waals surface area contributed by atoms with E-state index in [1.165, 1.54) is 46.6 Å². The molecule has 2 aromatic carbocycles. The smallest absolute Gasteiger partial charge is 0.257 e. The van der Waals surface area contributed by atoms with Crippen LogP contribution < -0.4 is 23.8 Å². The van der Waals surface area contributed by atoms with E-state index in [4.69, 9.17) is 25.8 Å². The molecule has 152 valence electrons. The minimum absolute atomic E-state index is 0.0810. The number of hydrogen-bond acceptors (Lipinski definition) is 6. The molecule has 0 saturated carbocycles. The van der Waals surface area contributed by atoms with Crippen molar-refractivity contribution in [2.45, 2.75) is 0 Å². The third kappa shape index (κ3) is 4.60. The number of hydrogen-bond donors (Lipinski definition) is 1. The fourth-order valence-corrected chi connectivity index (χ4v) is 3.20. The van der Waals surface area contributed by atoms with Crippen molar-refractivity contribution in [1.82, 2.24) is 0 Å². The van der Waals surface area contributed by atoms with Gasteiger partial charge in [-0.25, -0.2) is 8.42 Å². The number of amides is 1. The van der Waals surface area contributed by atoms with E-state index >= 15 is 0 Å². The van der Waals surface area contributed by atoms with Gasteiger partial charge in [0, 0.05) is 18.8 Å². The lowest BCUT2D eigenvalue weighted by Crippen LogP contribution is -2.28. The first-order valence-electron chi connectivity index (χ1n) is 7.97. The molecule has 0 unspecified atom stereocenters. The molecule has 28 heavy (non-hydrogen) atoms. The van der Waals surface area contributed by atoms with Crippen LogP contribution in [0.25, 0.3) is 0 Å². The molecule has 0 aliphatic carbocycles. The van der Waals surface area contributed by atoms with E-state index in [1.54, 1.807) is 12.1 Å². The van der Waals surface area contributed by atoms with Crippen molar-refractivity contribution >= 4 is 38.9 Å². The molecular formula is C18H21ClN2O6S. The molecule has 1 N–H and O–H groups in total. The first kappa shape index (κ1) is 21.6. The van der Waals surface area contributed by atoms with E-state index < -0.39 is 15.9 Å². The Kier molecular flexibility index (Phi) is 6.63. The summed E-state index contributed by atoms with van der Waals surface area (Å²) in [5.74, 6) is 0.485. The van der Waals surface area contributed by atoms with Crippen LogP contribution in [0.3, 0.4) is 0 Å². The van der Waals surface area contributed by atoms with Crippen LogP contribution in [0.4, 0.5) is 11.4 Å². The van der Waals surface area contributed by atoms with E-state index in [9.17, 15) is 13.2 Å². The second kappa shape index (κ2) is 8.57. The average Bonchev–Trinajstić information content (AvgIpc) is 2.65. The van der Waals surface area contributed by atoms with Crippen molar-refractivity contribution in [3.8, 4) is 17.2 Å². The molecule has 0 aliphatic heterocycles. The van der Waals surface area contributed by atoms with Gasteiger partial charge in [-0.2, -0.15) is 0 Å². The summed E-state index contributed by atoms with van der Waals surface area (Å²) >= 11 is 6.09. The van der Waals surface area contributed by atoms with E-state index in [-0.39, 0.29) is 22.7 Å². The lowest BCUT2D eigenvalue weighted by molar-refractivity contribution is 0.102. The predicted octanol–water partition coefficient (Wildman–Crippen LogP) is 3.01. The highest BCUT2D eigenvalue weighted by atomic mass is 35.5. The molecule has 0 aromatic heterocycles. The molecular weight excluding hydrogens is 408 g/mol. The monoisotopic (exact) mass is 428 g/mol. The van der Waals surface area contributed by atoms with E-state index in [2.05, 4.69) is 5.32 Å². The summed E-state index contributed by atoms with van der Waals surface area (Å²) in [7, 11) is 2.04. The van der Waals surface area contributed by atoms with Gasteiger partial charge in [0.15, 0.2) is 11.5 Å². The fraction of sp³-hybridized carbons (Fsp3) is 0.278. The highest BCUT2D eigenvalue weighted by Gasteiger charge is 2.23. The van der Waals surface area contributed by atoms with Gasteiger partial charge < -0.3 is 19.5 Å². The van der Waals surface area contributed by atoms with Gasteiger partial charge in [0.2, 0.25) is 10.0 Å². The number of benzene rings is 2. The highest BCUT2D eigenvalue weighted by molar-refractivity contribution is 7.92. The molecule has 10 heteroatoms. The Morgan fingerprint density at radius 3 is 2.07 bits per heavy atom. The normalized spacial score (nSPS) is 10.9. The number of carbonyl (C=O) groups excluding carboxylic acids is 1. The summed E-state index contributed by atoms with van der Waals surface area (Å²) in [5, 5.41) is 3.01. The van der Waals surface area contributed by atoms with Crippen molar-refractivity contribution in [2.75, 3.05) is 44.3 Å². The number of carbonyl (C=O) groups is 1. The van der Waals surface area contributed by atoms with Crippen molar-refractivity contribution in [3.05, 3.63) is 40.9 Å². The lowest BCUT2D eigenvalue weighted by atomic mass is 10.1. The van der Waals surface area contributed by atoms with Crippen LogP contribution in [0.5, 0.6) is 17.2 Å². The quantitative estimate of drug-likeness (QED) is 0.728. The Balaban J connectivity index is 2.52. The zero-order chi connectivity index (χ0) is 21.1. The van der Waals surface area contributed by atoms with Gasteiger partial charge in [0.05, 0.1) is 43.9 Å². The second-order valence-corrected chi connectivity index (χ2v) is 8.18. The molecule has 0 bridgehead atoms. The molecule has 1 amide bonds. The largest absolute Gasteiger partial charge is 0.495 e. The van der Waals surface area contributed by atoms with E-state index in [0.717, 1.165) is 10.6 Å². The Morgan fingerprint density at radius 1 is 1.00 bits per heavy atom. The molecule has 0 radical (unpaired) electrons. The number of anilines is 2. The maximum Gasteiger partial charge on any atom is 0.257 e. The SMILES string of the molecule is COc1ccc(NC(=O)c2cc(OC)c(OC)cc2N(C)S(C)(=O)=O)cc1Cl. The highest BCUT2D eigenvalue weighted by Crippen LogP contribution is 2.36. The standard InChI is InChI=1S/C18H21ClN2O6S/c1-21(28(5,23)24)14-10-17(27-4)16(26-3)9-12(14)18(22)20-11-6-7-15(25-2)13(19)8-11/h6-10H,1-5H3,(H,20,22). The van der Waals surface area contributed by atoms with Gasteiger partial charge in [-0.3, -0.25) is 9.10 Å². The molecule has 0 spiro atoms. The maximum atomic E-state index is 12.9. The van der Waals surface area contributed by atoms with Crippen LogP contribution in [0.1, 0.15) is 10.4 Å². The summed E-state index contributed by atoms with van der Waals surface area (Å²) in [4.78, 5) is 12.9. The summed E-state index contributed by atoms with van der Waals surface area (Å²) in [6.07, 6.45) is 1.04. The lowest BCUT2D eigenvalue weighted by Gasteiger charge is -2.22. The van der Waals surface area contributed by atoms with Crippen LogP contribution >= 0.6 is 11.6 Å². The predicted molar refractivity (Wildman–Crippen MR) is 109 cm³/mol.